The van der Waals surface area contributed by atoms with Gasteiger partial charge in [-0.15, -0.1) is 0 Å². The Morgan fingerprint density at radius 2 is 2.33 bits per heavy atom. The molecule has 4 heteroatoms. The molecular formula is C8H15NO3. The number of hydrogen-bond acceptors (Lipinski definition) is 3. The van der Waals surface area contributed by atoms with Gasteiger partial charge in [-0.3, -0.25) is 4.79 Å². The molecule has 1 aliphatic rings. The lowest BCUT2D eigenvalue weighted by atomic mass is 9.81. The number of carboxylic acid groups (broad SMARTS) is 1. The number of aliphatic carboxylic acids is 1. The van der Waals surface area contributed by atoms with Crippen molar-refractivity contribution in [2.45, 2.75) is 38.3 Å². The fourth-order valence-electron chi connectivity index (χ4n) is 1.82. The SMILES string of the molecule is CC1([C@H](N)C(=O)O)CCC(O)C1. The molecule has 0 bridgehead atoms. The van der Waals surface area contributed by atoms with Gasteiger partial charge in [-0.1, -0.05) is 6.92 Å². The van der Waals surface area contributed by atoms with Crippen LogP contribution in [0.3, 0.4) is 0 Å². The van der Waals surface area contributed by atoms with E-state index >= 15 is 0 Å². The van der Waals surface area contributed by atoms with Crippen molar-refractivity contribution in [2.75, 3.05) is 0 Å². The third-order valence-electron chi connectivity index (χ3n) is 2.77. The molecule has 4 N–H and O–H groups in total. The Morgan fingerprint density at radius 3 is 2.67 bits per heavy atom. The summed E-state index contributed by atoms with van der Waals surface area (Å²) in [6.45, 7) is 1.82. The van der Waals surface area contributed by atoms with E-state index in [1.54, 1.807) is 0 Å². The van der Waals surface area contributed by atoms with E-state index in [2.05, 4.69) is 0 Å². The molecule has 0 aromatic rings. The van der Waals surface area contributed by atoms with Gasteiger partial charge in [-0.25, -0.2) is 0 Å². The van der Waals surface area contributed by atoms with E-state index in [4.69, 9.17) is 10.8 Å². The molecule has 4 nitrogen and oxygen atoms in total. The highest BCUT2D eigenvalue weighted by Gasteiger charge is 2.42. The molecule has 1 fully saturated rings. The summed E-state index contributed by atoms with van der Waals surface area (Å²) in [6.07, 6.45) is 1.49. The number of aliphatic hydroxyl groups is 1. The van der Waals surface area contributed by atoms with Crippen molar-refractivity contribution in [2.24, 2.45) is 11.1 Å². The molecule has 1 rings (SSSR count). The molecule has 2 unspecified atom stereocenters. The molecule has 0 amide bonds. The molecule has 1 aliphatic carbocycles. The molecule has 0 heterocycles. The maximum absolute atomic E-state index is 10.6. The molecule has 0 radical (unpaired) electrons. The molecule has 70 valence electrons. The number of carboxylic acids is 1. The van der Waals surface area contributed by atoms with Crippen molar-refractivity contribution in [1.29, 1.82) is 0 Å². The zero-order valence-corrected chi connectivity index (χ0v) is 7.16. The Kier molecular flexibility index (Phi) is 2.39. The number of rotatable bonds is 2. The van der Waals surface area contributed by atoms with E-state index in [-0.39, 0.29) is 6.10 Å². The van der Waals surface area contributed by atoms with Crippen LogP contribution in [-0.2, 0) is 4.79 Å². The van der Waals surface area contributed by atoms with E-state index in [1.807, 2.05) is 6.92 Å². The molecule has 3 atom stereocenters. The van der Waals surface area contributed by atoms with Crippen molar-refractivity contribution in [1.82, 2.24) is 0 Å². The van der Waals surface area contributed by atoms with Gasteiger partial charge in [0.25, 0.3) is 0 Å². The van der Waals surface area contributed by atoms with Gasteiger partial charge < -0.3 is 15.9 Å². The summed E-state index contributed by atoms with van der Waals surface area (Å²) in [7, 11) is 0. The van der Waals surface area contributed by atoms with Crippen LogP contribution in [0.5, 0.6) is 0 Å². The van der Waals surface area contributed by atoms with Gasteiger partial charge in [-0.05, 0) is 24.7 Å². The molecule has 0 saturated heterocycles. The summed E-state index contributed by atoms with van der Waals surface area (Å²) in [5, 5.41) is 17.9. The minimum atomic E-state index is -0.980. The van der Waals surface area contributed by atoms with E-state index in [9.17, 15) is 9.90 Å². The normalized spacial score (nSPS) is 38.1. The smallest absolute Gasteiger partial charge is 0.321 e. The predicted molar refractivity (Wildman–Crippen MR) is 43.6 cm³/mol. The zero-order valence-electron chi connectivity index (χ0n) is 7.16. The minimum Gasteiger partial charge on any atom is -0.480 e. The fourth-order valence-corrected chi connectivity index (χ4v) is 1.82. The average molecular weight is 173 g/mol. The molecular weight excluding hydrogens is 158 g/mol. The number of nitrogens with two attached hydrogens (primary N) is 1. The maximum atomic E-state index is 10.6. The highest BCUT2D eigenvalue weighted by molar-refractivity contribution is 5.74. The Hall–Kier alpha value is -0.610. The largest absolute Gasteiger partial charge is 0.480 e. The van der Waals surface area contributed by atoms with Crippen LogP contribution in [-0.4, -0.2) is 28.3 Å². The van der Waals surface area contributed by atoms with E-state index in [1.165, 1.54) is 0 Å². The highest BCUT2D eigenvalue weighted by atomic mass is 16.4. The average Bonchev–Trinajstić information content (AvgIpc) is 2.31. The van der Waals surface area contributed by atoms with E-state index in [0.29, 0.717) is 19.3 Å². The fraction of sp³-hybridized carbons (Fsp3) is 0.875. The number of hydrogen-bond donors (Lipinski definition) is 3. The predicted octanol–water partition coefficient (Wildman–Crippen LogP) is -0.0506. The maximum Gasteiger partial charge on any atom is 0.321 e. The van der Waals surface area contributed by atoms with Crippen molar-refractivity contribution >= 4 is 5.97 Å². The van der Waals surface area contributed by atoms with Crippen LogP contribution in [0.15, 0.2) is 0 Å². The summed E-state index contributed by atoms with van der Waals surface area (Å²) >= 11 is 0. The third kappa shape index (κ3) is 1.59. The first kappa shape index (κ1) is 9.48. The lowest BCUT2D eigenvalue weighted by Gasteiger charge is -2.27. The van der Waals surface area contributed by atoms with E-state index < -0.39 is 17.4 Å². The van der Waals surface area contributed by atoms with Gasteiger partial charge in [0.1, 0.15) is 6.04 Å². The van der Waals surface area contributed by atoms with Gasteiger partial charge >= 0.3 is 5.97 Å². The van der Waals surface area contributed by atoms with Crippen LogP contribution in [0.4, 0.5) is 0 Å². The van der Waals surface area contributed by atoms with Gasteiger partial charge in [-0.2, -0.15) is 0 Å². The summed E-state index contributed by atoms with van der Waals surface area (Å²) in [6, 6.07) is -0.852. The minimum absolute atomic E-state index is 0.375. The standard InChI is InChI=1S/C8H15NO3/c1-8(6(9)7(11)12)3-2-5(10)4-8/h5-6,10H,2-4,9H2,1H3,(H,11,12)/t5?,6-,8?/m1/s1. The third-order valence-corrected chi connectivity index (χ3v) is 2.77. The lowest BCUT2D eigenvalue weighted by Crippen LogP contribution is -2.44. The van der Waals surface area contributed by atoms with Gasteiger partial charge in [0.15, 0.2) is 0 Å². The molecule has 12 heavy (non-hydrogen) atoms. The first-order valence-electron chi connectivity index (χ1n) is 4.12. The monoisotopic (exact) mass is 173 g/mol. The van der Waals surface area contributed by atoms with E-state index in [0.717, 1.165) is 0 Å². The van der Waals surface area contributed by atoms with Crippen molar-refractivity contribution in [3.63, 3.8) is 0 Å². The number of aliphatic hydroxyl groups excluding tert-OH is 1. The Bertz CT molecular complexity index is 195. The second-order valence-electron chi connectivity index (χ2n) is 3.87. The van der Waals surface area contributed by atoms with Gasteiger partial charge in [0.05, 0.1) is 6.10 Å². The van der Waals surface area contributed by atoms with Crippen LogP contribution < -0.4 is 5.73 Å². The van der Waals surface area contributed by atoms with Crippen LogP contribution in [0.2, 0.25) is 0 Å². The summed E-state index contributed by atoms with van der Waals surface area (Å²) < 4.78 is 0. The second kappa shape index (κ2) is 3.03. The Morgan fingerprint density at radius 1 is 1.75 bits per heavy atom. The van der Waals surface area contributed by atoms with Gasteiger partial charge in [0, 0.05) is 0 Å². The van der Waals surface area contributed by atoms with Gasteiger partial charge in [0.2, 0.25) is 0 Å². The first-order valence-corrected chi connectivity index (χ1v) is 4.12. The van der Waals surface area contributed by atoms with Crippen LogP contribution in [0.1, 0.15) is 26.2 Å². The lowest BCUT2D eigenvalue weighted by molar-refractivity contribution is -0.141. The topological polar surface area (TPSA) is 83.6 Å². The van der Waals surface area contributed by atoms with Crippen LogP contribution in [0, 0.1) is 5.41 Å². The Balaban J connectivity index is 2.66. The molecule has 0 aliphatic heterocycles. The molecule has 0 aromatic heterocycles. The quantitative estimate of drug-likeness (QED) is 0.546. The number of carbonyl (C=O) groups is 1. The molecule has 0 spiro atoms. The van der Waals surface area contributed by atoms with Crippen LogP contribution >= 0.6 is 0 Å². The van der Waals surface area contributed by atoms with Crippen molar-refractivity contribution in [3.8, 4) is 0 Å². The zero-order chi connectivity index (χ0) is 9.35. The van der Waals surface area contributed by atoms with Crippen molar-refractivity contribution < 1.29 is 15.0 Å². The van der Waals surface area contributed by atoms with Crippen molar-refractivity contribution in [3.05, 3.63) is 0 Å². The molecule has 0 aromatic carbocycles. The summed E-state index contributed by atoms with van der Waals surface area (Å²) in [4.78, 5) is 10.6. The first-order chi connectivity index (χ1) is 5.46. The second-order valence-corrected chi connectivity index (χ2v) is 3.87. The van der Waals surface area contributed by atoms with Crippen LogP contribution in [0.25, 0.3) is 0 Å². The molecule has 1 saturated carbocycles. The highest BCUT2D eigenvalue weighted by Crippen LogP contribution is 2.39. The Labute approximate surface area is 71.4 Å². The summed E-state index contributed by atoms with van der Waals surface area (Å²) in [5.41, 5.74) is 5.08. The summed E-state index contributed by atoms with van der Waals surface area (Å²) in [5.74, 6) is -0.980.